The van der Waals surface area contributed by atoms with Crippen LogP contribution in [0.5, 0.6) is 0 Å². The van der Waals surface area contributed by atoms with Gasteiger partial charge in [-0.05, 0) is 43.9 Å². The van der Waals surface area contributed by atoms with Gasteiger partial charge in [-0.15, -0.1) is 0 Å². The largest absolute Gasteiger partial charge is 0.356 e. The Hall–Kier alpha value is -0.570. The van der Waals surface area contributed by atoms with Gasteiger partial charge >= 0.3 is 0 Å². The summed E-state index contributed by atoms with van der Waals surface area (Å²) in [5.41, 5.74) is 5.82. The van der Waals surface area contributed by atoms with Gasteiger partial charge in [-0.1, -0.05) is 6.92 Å². The molecule has 0 aromatic heterocycles. The molecule has 2 unspecified atom stereocenters. The van der Waals surface area contributed by atoms with Crippen molar-refractivity contribution in [3.8, 4) is 0 Å². The fourth-order valence-electron chi connectivity index (χ4n) is 2.44. The molecule has 2 saturated carbocycles. The number of carbonyl (C=O) groups is 1. The van der Waals surface area contributed by atoms with Gasteiger partial charge in [-0.3, -0.25) is 4.79 Å². The maximum absolute atomic E-state index is 11.8. The maximum atomic E-state index is 11.8. The molecule has 2 atom stereocenters. The van der Waals surface area contributed by atoms with Crippen molar-refractivity contribution in [3.63, 3.8) is 0 Å². The Balaban J connectivity index is 1.66. The topological polar surface area (TPSA) is 55.1 Å². The standard InChI is InChI=1S/C12H22N2O/c1-8-6-10(8)7-14-12(15)9-2-4-11(13)5-3-9/h8-11H,2-7,13H2,1H3,(H,14,15). The summed E-state index contributed by atoms with van der Waals surface area (Å²) in [6.07, 6.45) is 5.27. The second-order valence-electron chi connectivity index (χ2n) is 5.33. The van der Waals surface area contributed by atoms with Crippen LogP contribution in [-0.4, -0.2) is 18.5 Å². The second kappa shape index (κ2) is 4.52. The van der Waals surface area contributed by atoms with Gasteiger partial charge in [-0.2, -0.15) is 0 Å². The van der Waals surface area contributed by atoms with E-state index >= 15 is 0 Å². The number of hydrogen-bond donors (Lipinski definition) is 2. The number of nitrogens with one attached hydrogen (secondary N) is 1. The normalized spacial score (nSPS) is 39.9. The van der Waals surface area contributed by atoms with E-state index < -0.39 is 0 Å². The summed E-state index contributed by atoms with van der Waals surface area (Å²) in [6.45, 7) is 3.14. The molecular formula is C12H22N2O. The quantitative estimate of drug-likeness (QED) is 0.737. The predicted molar refractivity (Wildman–Crippen MR) is 60.2 cm³/mol. The molecule has 0 saturated heterocycles. The van der Waals surface area contributed by atoms with Crippen molar-refractivity contribution in [1.29, 1.82) is 0 Å². The van der Waals surface area contributed by atoms with Crippen LogP contribution in [0.4, 0.5) is 0 Å². The molecule has 0 bridgehead atoms. The number of amides is 1. The van der Waals surface area contributed by atoms with E-state index in [9.17, 15) is 4.79 Å². The lowest BCUT2D eigenvalue weighted by Crippen LogP contribution is -2.37. The molecule has 2 aliphatic rings. The molecular weight excluding hydrogens is 188 g/mol. The minimum Gasteiger partial charge on any atom is -0.356 e. The first-order valence-corrected chi connectivity index (χ1v) is 6.20. The van der Waals surface area contributed by atoms with Crippen LogP contribution in [0.2, 0.25) is 0 Å². The average Bonchev–Trinajstić information content (AvgIpc) is 2.92. The van der Waals surface area contributed by atoms with Crippen molar-refractivity contribution < 1.29 is 4.79 Å². The summed E-state index contributed by atoms with van der Waals surface area (Å²) in [5.74, 6) is 2.07. The maximum Gasteiger partial charge on any atom is 0.223 e. The van der Waals surface area contributed by atoms with Crippen LogP contribution in [0.15, 0.2) is 0 Å². The zero-order valence-corrected chi connectivity index (χ0v) is 9.54. The monoisotopic (exact) mass is 210 g/mol. The molecule has 0 heterocycles. The van der Waals surface area contributed by atoms with Crippen LogP contribution < -0.4 is 11.1 Å². The summed E-state index contributed by atoms with van der Waals surface area (Å²) in [7, 11) is 0. The molecule has 86 valence electrons. The average molecular weight is 210 g/mol. The number of rotatable bonds is 3. The zero-order chi connectivity index (χ0) is 10.8. The molecule has 0 aromatic rings. The van der Waals surface area contributed by atoms with Crippen molar-refractivity contribution in [1.82, 2.24) is 5.32 Å². The number of hydrogen-bond acceptors (Lipinski definition) is 2. The molecule has 3 N–H and O–H groups in total. The third-order valence-electron chi connectivity index (χ3n) is 3.96. The summed E-state index contributed by atoms with van der Waals surface area (Å²) in [6, 6.07) is 0.331. The van der Waals surface area contributed by atoms with Gasteiger partial charge in [0.05, 0.1) is 0 Å². The van der Waals surface area contributed by atoms with Gasteiger partial charge in [-0.25, -0.2) is 0 Å². The molecule has 0 aromatic carbocycles. The minimum atomic E-state index is 0.235. The van der Waals surface area contributed by atoms with E-state index in [0.717, 1.165) is 44.1 Å². The SMILES string of the molecule is CC1CC1CNC(=O)C1CCC(N)CC1. The van der Waals surface area contributed by atoms with Crippen molar-refractivity contribution in [2.24, 2.45) is 23.5 Å². The molecule has 0 aliphatic heterocycles. The molecule has 2 rings (SSSR count). The molecule has 3 heteroatoms. The van der Waals surface area contributed by atoms with Crippen LogP contribution in [0.1, 0.15) is 39.0 Å². The van der Waals surface area contributed by atoms with E-state index in [1.54, 1.807) is 0 Å². The third kappa shape index (κ3) is 2.94. The van der Waals surface area contributed by atoms with E-state index in [-0.39, 0.29) is 11.8 Å². The van der Waals surface area contributed by atoms with Gasteiger partial charge < -0.3 is 11.1 Å². The predicted octanol–water partition coefficient (Wildman–Crippen LogP) is 1.28. The van der Waals surface area contributed by atoms with Gasteiger partial charge in [0.15, 0.2) is 0 Å². The molecule has 3 nitrogen and oxygen atoms in total. The highest BCUT2D eigenvalue weighted by Gasteiger charge is 2.33. The van der Waals surface area contributed by atoms with Crippen LogP contribution in [0.3, 0.4) is 0 Å². The van der Waals surface area contributed by atoms with Crippen molar-refractivity contribution in [3.05, 3.63) is 0 Å². The Bertz CT molecular complexity index is 234. The summed E-state index contributed by atoms with van der Waals surface area (Å²) < 4.78 is 0. The Kier molecular flexibility index (Phi) is 3.29. The van der Waals surface area contributed by atoms with Crippen molar-refractivity contribution in [2.75, 3.05) is 6.54 Å². The molecule has 1 amide bonds. The van der Waals surface area contributed by atoms with E-state index in [1.165, 1.54) is 6.42 Å². The summed E-state index contributed by atoms with van der Waals surface area (Å²) in [5, 5.41) is 3.08. The first kappa shape index (κ1) is 10.9. The smallest absolute Gasteiger partial charge is 0.223 e. The fourth-order valence-corrected chi connectivity index (χ4v) is 2.44. The van der Waals surface area contributed by atoms with Gasteiger partial charge in [0.2, 0.25) is 5.91 Å². The Morgan fingerprint density at radius 3 is 2.47 bits per heavy atom. The highest BCUT2D eigenvalue weighted by Crippen LogP contribution is 2.36. The minimum absolute atomic E-state index is 0.235. The lowest BCUT2D eigenvalue weighted by atomic mass is 9.86. The Morgan fingerprint density at radius 1 is 1.33 bits per heavy atom. The first-order chi connectivity index (χ1) is 7.16. The van der Waals surface area contributed by atoms with E-state index in [4.69, 9.17) is 5.73 Å². The van der Waals surface area contributed by atoms with Crippen LogP contribution in [-0.2, 0) is 4.79 Å². The Morgan fingerprint density at radius 2 is 1.93 bits per heavy atom. The summed E-state index contributed by atoms with van der Waals surface area (Å²) in [4.78, 5) is 11.8. The van der Waals surface area contributed by atoms with Crippen LogP contribution >= 0.6 is 0 Å². The van der Waals surface area contributed by atoms with E-state index in [1.807, 2.05) is 0 Å². The second-order valence-corrected chi connectivity index (χ2v) is 5.33. The highest BCUT2D eigenvalue weighted by molar-refractivity contribution is 5.78. The lowest BCUT2D eigenvalue weighted by molar-refractivity contribution is -0.126. The van der Waals surface area contributed by atoms with Crippen molar-refractivity contribution in [2.45, 2.75) is 45.1 Å². The third-order valence-corrected chi connectivity index (χ3v) is 3.96. The molecule has 2 aliphatic carbocycles. The summed E-state index contributed by atoms with van der Waals surface area (Å²) >= 11 is 0. The number of carbonyl (C=O) groups excluding carboxylic acids is 1. The van der Waals surface area contributed by atoms with Crippen molar-refractivity contribution >= 4 is 5.91 Å². The number of nitrogens with two attached hydrogens (primary N) is 1. The first-order valence-electron chi connectivity index (χ1n) is 6.20. The van der Waals surface area contributed by atoms with Crippen LogP contribution in [0, 0.1) is 17.8 Å². The molecule has 15 heavy (non-hydrogen) atoms. The molecule has 0 radical (unpaired) electrons. The Labute approximate surface area is 91.8 Å². The lowest BCUT2D eigenvalue weighted by Gasteiger charge is -2.25. The van der Waals surface area contributed by atoms with Crippen LogP contribution in [0.25, 0.3) is 0 Å². The van der Waals surface area contributed by atoms with Gasteiger partial charge in [0.1, 0.15) is 0 Å². The fraction of sp³-hybridized carbons (Fsp3) is 0.917. The van der Waals surface area contributed by atoms with E-state index in [0.29, 0.717) is 6.04 Å². The van der Waals surface area contributed by atoms with E-state index in [2.05, 4.69) is 12.2 Å². The molecule has 0 spiro atoms. The van der Waals surface area contributed by atoms with Gasteiger partial charge in [0, 0.05) is 18.5 Å². The highest BCUT2D eigenvalue weighted by atomic mass is 16.1. The molecule has 2 fully saturated rings. The zero-order valence-electron chi connectivity index (χ0n) is 9.54. The van der Waals surface area contributed by atoms with Gasteiger partial charge in [0.25, 0.3) is 0 Å².